The molecular formula is C14H20ClN. The first-order valence-electron chi connectivity index (χ1n) is 6.20. The zero-order chi connectivity index (χ0) is 11.4. The molecule has 1 saturated heterocycles. The zero-order valence-electron chi connectivity index (χ0n) is 9.90. The van der Waals surface area contributed by atoms with Crippen LogP contribution in [0.5, 0.6) is 0 Å². The van der Waals surface area contributed by atoms with Gasteiger partial charge in [-0.05, 0) is 24.8 Å². The van der Waals surface area contributed by atoms with E-state index in [1.165, 1.54) is 24.8 Å². The van der Waals surface area contributed by atoms with Gasteiger partial charge in [-0.2, -0.15) is 0 Å². The van der Waals surface area contributed by atoms with Gasteiger partial charge in [0, 0.05) is 24.5 Å². The zero-order valence-corrected chi connectivity index (χ0v) is 10.7. The number of hydrogen-bond acceptors (Lipinski definition) is 1. The SMILES string of the molecule is CC[C@H]1CC[C@@H](CCl)N1Cc1ccccc1. The van der Waals surface area contributed by atoms with Gasteiger partial charge in [-0.15, -0.1) is 11.6 Å². The number of nitrogens with zero attached hydrogens (tertiary/aromatic N) is 1. The maximum atomic E-state index is 6.05. The number of rotatable bonds is 4. The first-order valence-corrected chi connectivity index (χ1v) is 6.74. The lowest BCUT2D eigenvalue weighted by Gasteiger charge is -2.28. The summed E-state index contributed by atoms with van der Waals surface area (Å²) in [6.07, 6.45) is 3.80. The van der Waals surface area contributed by atoms with Gasteiger partial charge in [0.2, 0.25) is 0 Å². The molecule has 0 aromatic heterocycles. The Bertz CT molecular complexity index is 300. The van der Waals surface area contributed by atoms with Crippen molar-refractivity contribution < 1.29 is 0 Å². The van der Waals surface area contributed by atoms with Gasteiger partial charge in [-0.25, -0.2) is 0 Å². The Hall–Kier alpha value is -0.530. The standard InChI is InChI=1S/C14H20ClN/c1-2-13-8-9-14(10-15)16(13)11-12-6-4-3-5-7-12/h3-7,13-14H,2,8-11H2,1H3/t13-,14-/m0/s1. The summed E-state index contributed by atoms with van der Waals surface area (Å²) in [7, 11) is 0. The molecule has 88 valence electrons. The van der Waals surface area contributed by atoms with Crippen molar-refractivity contribution in [2.75, 3.05) is 5.88 Å². The van der Waals surface area contributed by atoms with Crippen molar-refractivity contribution in [3.63, 3.8) is 0 Å². The molecule has 0 unspecified atom stereocenters. The fraction of sp³-hybridized carbons (Fsp3) is 0.571. The molecule has 1 aliphatic heterocycles. The monoisotopic (exact) mass is 237 g/mol. The summed E-state index contributed by atoms with van der Waals surface area (Å²) in [6, 6.07) is 12.0. The van der Waals surface area contributed by atoms with Crippen LogP contribution in [0.25, 0.3) is 0 Å². The fourth-order valence-electron chi connectivity index (χ4n) is 2.67. The minimum Gasteiger partial charge on any atom is -0.292 e. The van der Waals surface area contributed by atoms with Gasteiger partial charge in [0.15, 0.2) is 0 Å². The van der Waals surface area contributed by atoms with Gasteiger partial charge in [0.25, 0.3) is 0 Å². The molecule has 1 nitrogen and oxygen atoms in total. The first-order chi connectivity index (χ1) is 7.85. The van der Waals surface area contributed by atoms with Crippen LogP contribution in [0, 0.1) is 0 Å². The van der Waals surface area contributed by atoms with E-state index in [1.807, 2.05) is 0 Å². The van der Waals surface area contributed by atoms with E-state index >= 15 is 0 Å². The largest absolute Gasteiger partial charge is 0.292 e. The lowest BCUT2D eigenvalue weighted by Crippen LogP contribution is -2.36. The molecule has 0 radical (unpaired) electrons. The number of hydrogen-bond donors (Lipinski definition) is 0. The van der Waals surface area contributed by atoms with Crippen molar-refractivity contribution in [1.82, 2.24) is 4.90 Å². The van der Waals surface area contributed by atoms with Crippen LogP contribution in [0.2, 0.25) is 0 Å². The molecule has 2 rings (SSSR count). The van der Waals surface area contributed by atoms with Gasteiger partial charge in [-0.3, -0.25) is 4.90 Å². The molecule has 1 aromatic rings. The van der Waals surface area contributed by atoms with E-state index in [0.717, 1.165) is 18.5 Å². The van der Waals surface area contributed by atoms with Gasteiger partial charge in [-0.1, -0.05) is 37.3 Å². The summed E-state index contributed by atoms with van der Waals surface area (Å²) in [5.41, 5.74) is 1.40. The highest BCUT2D eigenvalue weighted by molar-refractivity contribution is 6.18. The van der Waals surface area contributed by atoms with Crippen molar-refractivity contribution in [1.29, 1.82) is 0 Å². The minimum absolute atomic E-state index is 0.576. The number of benzene rings is 1. The van der Waals surface area contributed by atoms with Crippen molar-refractivity contribution in [3.8, 4) is 0 Å². The fourth-order valence-corrected chi connectivity index (χ4v) is 3.00. The summed E-state index contributed by atoms with van der Waals surface area (Å²) in [5.74, 6) is 0.767. The third-order valence-electron chi connectivity index (χ3n) is 3.63. The van der Waals surface area contributed by atoms with Crippen molar-refractivity contribution in [3.05, 3.63) is 35.9 Å². The Morgan fingerprint density at radius 1 is 1.19 bits per heavy atom. The van der Waals surface area contributed by atoms with Gasteiger partial charge < -0.3 is 0 Å². The molecule has 0 bridgehead atoms. The maximum Gasteiger partial charge on any atom is 0.0379 e. The summed E-state index contributed by atoms with van der Waals surface area (Å²) in [4.78, 5) is 2.59. The number of halogens is 1. The van der Waals surface area contributed by atoms with E-state index < -0.39 is 0 Å². The minimum atomic E-state index is 0.576. The van der Waals surface area contributed by atoms with E-state index in [1.54, 1.807) is 0 Å². The lowest BCUT2D eigenvalue weighted by molar-refractivity contribution is 0.191. The van der Waals surface area contributed by atoms with Crippen molar-refractivity contribution in [2.24, 2.45) is 0 Å². The average molecular weight is 238 g/mol. The predicted molar refractivity (Wildman–Crippen MR) is 69.8 cm³/mol. The highest BCUT2D eigenvalue weighted by Gasteiger charge is 2.31. The van der Waals surface area contributed by atoms with Crippen molar-refractivity contribution in [2.45, 2.75) is 44.8 Å². The van der Waals surface area contributed by atoms with Crippen LogP contribution in [0.4, 0.5) is 0 Å². The molecule has 0 saturated carbocycles. The van der Waals surface area contributed by atoms with Gasteiger partial charge in [0.05, 0.1) is 0 Å². The topological polar surface area (TPSA) is 3.24 Å². The molecule has 1 aliphatic rings. The highest BCUT2D eigenvalue weighted by Crippen LogP contribution is 2.28. The summed E-state index contributed by atoms with van der Waals surface area (Å²) < 4.78 is 0. The molecular weight excluding hydrogens is 218 g/mol. The molecule has 1 heterocycles. The number of likely N-dealkylation sites (tertiary alicyclic amines) is 1. The third-order valence-corrected chi connectivity index (χ3v) is 3.98. The second-order valence-corrected chi connectivity index (χ2v) is 4.91. The van der Waals surface area contributed by atoms with Crippen LogP contribution in [-0.2, 0) is 6.54 Å². The van der Waals surface area contributed by atoms with Gasteiger partial charge >= 0.3 is 0 Å². The quantitative estimate of drug-likeness (QED) is 0.723. The van der Waals surface area contributed by atoms with Crippen LogP contribution in [0.1, 0.15) is 31.7 Å². The smallest absolute Gasteiger partial charge is 0.0379 e. The van der Waals surface area contributed by atoms with E-state index in [0.29, 0.717) is 6.04 Å². The molecule has 0 aliphatic carbocycles. The summed E-state index contributed by atoms with van der Waals surface area (Å²) in [5, 5.41) is 0. The lowest BCUT2D eigenvalue weighted by atomic mass is 10.1. The molecule has 0 N–H and O–H groups in total. The molecule has 1 aromatic carbocycles. The average Bonchev–Trinajstić information content (AvgIpc) is 2.72. The second kappa shape index (κ2) is 5.70. The first kappa shape index (κ1) is 11.9. The Labute approximate surface area is 103 Å². The Morgan fingerprint density at radius 3 is 2.50 bits per heavy atom. The van der Waals surface area contributed by atoms with E-state index in [-0.39, 0.29) is 0 Å². The van der Waals surface area contributed by atoms with Crippen LogP contribution >= 0.6 is 11.6 Å². The van der Waals surface area contributed by atoms with Crippen LogP contribution in [0.3, 0.4) is 0 Å². The van der Waals surface area contributed by atoms with Crippen LogP contribution in [-0.4, -0.2) is 22.9 Å². The highest BCUT2D eigenvalue weighted by atomic mass is 35.5. The summed E-state index contributed by atoms with van der Waals surface area (Å²) >= 11 is 6.05. The normalized spacial score (nSPS) is 26.1. The predicted octanol–water partition coefficient (Wildman–Crippen LogP) is 3.67. The van der Waals surface area contributed by atoms with Crippen molar-refractivity contribution >= 4 is 11.6 Å². The molecule has 0 spiro atoms. The second-order valence-electron chi connectivity index (χ2n) is 4.61. The third kappa shape index (κ3) is 2.58. The van der Waals surface area contributed by atoms with E-state index in [9.17, 15) is 0 Å². The molecule has 1 fully saturated rings. The van der Waals surface area contributed by atoms with Gasteiger partial charge in [0.1, 0.15) is 0 Å². The maximum absolute atomic E-state index is 6.05. The Balaban J connectivity index is 2.06. The molecule has 16 heavy (non-hydrogen) atoms. The molecule has 0 amide bonds. The molecule has 2 atom stereocenters. The Morgan fingerprint density at radius 2 is 1.88 bits per heavy atom. The van der Waals surface area contributed by atoms with E-state index in [4.69, 9.17) is 11.6 Å². The Kier molecular flexibility index (Phi) is 4.25. The van der Waals surface area contributed by atoms with E-state index in [2.05, 4.69) is 42.2 Å². The molecule has 2 heteroatoms. The summed E-state index contributed by atoms with van der Waals surface area (Å²) in [6.45, 7) is 3.33. The van der Waals surface area contributed by atoms with Crippen LogP contribution in [0.15, 0.2) is 30.3 Å². The number of alkyl halides is 1. The van der Waals surface area contributed by atoms with Crippen LogP contribution < -0.4 is 0 Å².